The number of unbranched alkanes of at least 4 members (excludes halogenated alkanes) is 2. The van der Waals surface area contributed by atoms with Crippen LogP contribution >= 0.6 is 0 Å². The van der Waals surface area contributed by atoms with Crippen LogP contribution in [0.25, 0.3) is 55.5 Å². The summed E-state index contributed by atoms with van der Waals surface area (Å²) in [6.07, 6.45) is 13.9. The molecule has 5 heterocycles. The molecular weight excluding hydrogens is 715 g/mol. The van der Waals surface area contributed by atoms with Crippen molar-refractivity contribution in [3.63, 3.8) is 0 Å². The van der Waals surface area contributed by atoms with E-state index < -0.39 is 0 Å². The Morgan fingerprint density at radius 3 is 1.45 bits per heavy atom. The van der Waals surface area contributed by atoms with Crippen molar-refractivity contribution < 1.29 is 16.5 Å². The van der Waals surface area contributed by atoms with Gasteiger partial charge < -0.3 is 9.97 Å². The molecule has 0 saturated heterocycles. The van der Waals surface area contributed by atoms with Crippen LogP contribution < -0.4 is 9.97 Å². The van der Waals surface area contributed by atoms with E-state index in [1.54, 1.807) is 0 Å². The van der Waals surface area contributed by atoms with Gasteiger partial charge in [-0.15, -0.1) is 22.1 Å². The van der Waals surface area contributed by atoms with Crippen molar-refractivity contribution in [2.75, 3.05) is 0 Å². The molecule has 0 unspecified atom stereocenters. The SMILES string of the molecule is CCCCc1c2nc(c(-c3ccccc3)c3[n-]c(c(CCCC)c4nc(cc5[n-]c1c(CC)c5CC)C(CC)=C4CC)c(CC)c3CC)C(CC)=C2CC.[Ni+2]. The first-order valence-electron chi connectivity index (χ1n) is 21.6. The number of fused-ring (bicyclic) bond motifs is 8. The van der Waals surface area contributed by atoms with Crippen LogP contribution in [0, 0.1) is 0 Å². The van der Waals surface area contributed by atoms with Gasteiger partial charge in [-0.3, -0.25) is 0 Å². The van der Waals surface area contributed by atoms with Crippen LogP contribution in [-0.4, -0.2) is 9.97 Å². The summed E-state index contributed by atoms with van der Waals surface area (Å²) in [5.74, 6) is 0. The Labute approximate surface area is 342 Å². The quantitative estimate of drug-likeness (QED) is 0.113. The Morgan fingerprint density at radius 1 is 0.455 bits per heavy atom. The smallest absolute Gasteiger partial charge is 0.657 e. The molecule has 0 fully saturated rings. The van der Waals surface area contributed by atoms with Gasteiger partial charge in [-0.25, -0.2) is 9.97 Å². The molecule has 0 amide bonds. The van der Waals surface area contributed by atoms with Crippen LogP contribution in [0.2, 0.25) is 0 Å². The Kier molecular flexibility index (Phi) is 14.6. The molecule has 0 aliphatic carbocycles. The summed E-state index contributed by atoms with van der Waals surface area (Å²) in [6.45, 7) is 23.1. The van der Waals surface area contributed by atoms with Crippen LogP contribution in [0.4, 0.5) is 0 Å². The zero-order valence-electron chi connectivity index (χ0n) is 35.5. The molecule has 2 aliphatic rings. The van der Waals surface area contributed by atoms with Crippen LogP contribution in [-0.2, 0) is 55.0 Å². The molecule has 0 atom stereocenters. The maximum atomic E-state index is 5.85. The summed E-state index contributed by atoms with van der Waals surface area (Å²) in [7, 11) is 0. The fourth-order valence-electron chi connectivity index (χ4n) is 9.42. The molecule has 0 radical (unpaired) electrons. The number of hydrogen-bond donors (Lipinski definition) is 0. The van der Waals surface area contributed by atoms with Crippen molar-refractivity contribution in [3.8, 4) is 11.1 Å². The average molecular weight is 780 g/mol. The predicted molar refractivity (Wildman–Crippen MR) is 234 cm³/mol. The van der Waals surface area contributed by atoms with Gasteiger partial charge in [-0.05, 0) is 122 Å². The van der Waals surface area contributed by atoms with Crippen molar-refractivity contribution in [2.24, 2.45) is 0 Å². The van der Waals surface area contributed by atoms with Gasteiger partial charge in [-0.1, -0.05) is 141 Å². The van der Waals surface area contributed by atoms with Crippen LogP contribution in [0.1, 0.15) is 177 Å². The molecule has 8 bridgehead atoms. The summed E-state index contributed by atoms with van der Waals surface area (Å²) >= 11 is 0. The number of aromatic nitrogens is 4. The number of hydrogen-bond acceptors (Lipinski definition) is 2. The maximum absolute atomic E-state index is 5.85. The van der Waals surface area contributed by atoms with Crippen LogP contribution in [0.15, 0.2) is 36.4 Å². The maximum Gasteiger partial charge on any atom is 2.00 e. The summed E-state index contributed by atoms with van der Waals surface area (Å²) in [5.41, 5.74) is 25.0. The van der Waals surface area contributed by atoms with Gasteiger partial charge in [0.15, 0.2) is 0 Å². The molecule has 6 rings (SSSR count). The molecule has 55 heavy (non-hydrogen) atoms. The minimum atomic E-state index is 0. The van der Waals surface area contributed by atoms with Gasteiger partial charge >= 0.3 is 16.5 Å². The number of aryl methyl sites for hydroxylation is 6. The number of benzene rings is 1. The van der Waals surface area contributed by atoms with Crippen molar-refractivity contribution in [3.05, 3.63) is 92.6 Å². The summed E-state index contributed by atoms with van der Waals surface area (Å²) in [4.78, 5) is 23.0. The fourth-order valence-corrected chi connectivity index (χ4v) is 9.42. The first kappa shape index (κ1) is 42.5. The van der Waals surface area contributed by atoms with E-state index >= 15 is 0 Å². The monoisotopic (exact) mass is 778 g/mol. The third-order valence-corrected chi connectivity index (χ3v) is 12.0. The molecular formula is C50H64N4Ni. The van der Waals surface area contributed by atoms with Gasteiger partial charge in [0, 0.05) is 0 Å². The third-order valence-electron chi connectivity index (χ3n) is 12.0. The van der Waals surface area contributed by atoms with E-state index in [0.717, 1.165) is 135 Å². The van der Waals surface area contributed by atoms with E-state index in [4.69, 9.17) is 19.9 Å². The van der Waals surface area contributed by atoms with Gasteiger partial charge in [0.1, 0.15) is 0 Å². The molecule has 2 aliphatic heterocycles. The number of nitrogens with zero attached hydrogens (tertiary/aromatic N) is 4. The van der Waals surface area contributed by atoms with Gasteiger partial charge in [-0.2, -0.15) is 0 Å². The van der Waals surface area contributed by atoms with Crippen molar-refractivity contribution in [1.82, 2.24) is 19.9 Å². The Bertz CT molecular complexity index is 2220. The molecule has 4 nitrogen and oxygen atoms in total. The second-order valence-corrected chi connectivity index (χ2v) is 15.0. The van der Waals surface area contributed by atoms with E-state index in [0.29, 0.717) is 0 Å². The molecule has 0 spiro atoms. The van der Waals surface area contributed by atoms with Gasteiger partial charge in [0.2, 0.25) is 0 Å². The Morgan fingerprint density at radius 2 is 0.927 bits per heavy atom. The Hall–Kier alpha value is -3.69. The largest absolute Gasteiger partial charge is 2.00 e. The average Bonchev–Trinajstić information content (AvgIpc) is 3.95. The van der Waals surface area contributed by atoms with Crippen molar-refractivity contribution in [2.45, 2.75) is 159 Å². The molecule has 294 valence electrons. The second kappa shape index (κ2) is 19.0. The van der Waals surface area contributed by atoms with E-state index in [-0.39, 0.29) is 16.5 Å². The second-order valence-electron chi connectivity index (χ2n) is 15.0. The molecule has 0 saturated carbocycles. The van der Waals surface area contributed by atoms with Crippen LogP contribution in [0.3, 0.4) is 0 Å². The van der Waals surface area contributed by atoms with Gasteiger partial charge in [0.05, 0.1) is 22.8 Å². The molecule has 4 aromatic rings. The summed E-state index contributed by atoms with van der Waals surface area (Å²) < 4.78 is 0. The molecule has 1 aromatic carbocycles. The van der Waals surface area contributed by atoms with E-state index in [1.165, 1.54) is 66.8 Å². The fraction of sp³-hybridized carbons (Fsp3) is 0.480. The van der Waals surface area contributed by atoms with Crippen molar-refractivity contribution >= 4 is 44.4 Å². The summed E-state index contributed by atoms with van der Waals surface area (Å²) in [6, 6.07) is 13.4. The zero-order valence-corrected chi connectivity index (χ0v) is 36.5. The van der Waals surface area contributed by atoms with E-state index in [9.17, 15) is 0 Å². The standard InChI is InChI=1S/C50H64N4.Ni/c1-11-21-28-40-45-34(15-5)32(13-3)42(51-45)30-43-33(14-4)35(16-6)46(52-43)41(29-22-12-2)48-37(18-8)39(20-10)50(54-48)44(31-26-24-23-25-27-31)49-38(19-9)36(17-7)47(40)53-49;/h23-27,30H,11-22,28-29H2,1-10H3;/q-2;+2. The normalized spacial score (nSPS) is 12.9. The minimum Gasteiger partial charge on any atom is -0.657 e. The number of rotatable bonds is 15. The molecule has 5 heteroatoms. The number of allylic oxidation sites excluding steroid dienone is 4. The van der Waals surface area contributed by atoms with Crippen molar-refractivity contribution in [1.29, 1.82) is 0 Å². The molecule has 0 N–H and O–H groups in total. The van der Waals surface area contributed by atoms with E-state index in [2.05, 4.69) is 106 Å². The summed E-state index contributed by atoms with van der Waals surface area (Å²) in [5, 5.41) is 0. The first-order chi connectivity index (χ1) is 26.4. The Balaban J connectivity index is 0.00000580. The van der Waals surface area contributed by atoms with Gasteiger partial charge in [0.25, 0.3) is 0 Å². The minimum absolute atomic E-state index is 0. The first-order valence-corrected chi connectivity index (χ1v) is 21.6. The van der Waals surface area contributed by atoms with Crippen LogP contribution in [0.5, 0.6) is 0 Å². The molecule has 3 aromatic heterocycles. The predicted octanol–water partition coefficient (Wildman–Crippen LogP) is 13.6. The third kappa shape index (κ3) is 7.60. The van der Waals surface area contributed by atoms with E-state index in [1.807, 2.05) is 0 Å². The zero-order chi connectivity index (χ0) is 38.5. The topological polar surface area (TPSA) is 54.0 Å².